The van der Waals surface area contributed by atoms with Crippen LogP contribution in [0.15, 0.2) is 60.7 Å². The number of aromatic nitrogens is 1. The molecule has 38 heavy (non-hydrogen) atoms. The van der Waals surface area contributed by atoms with Crippen LogP contribution in [-0.2, 0) is 23.9 Å². The van der Waals surface area contributed by atoms with Crippen LogP contribution in [0.2, 0.25) is 0 Å². The first kappa shape index (κ1) is 28.8. The van der Waals surface area contributed by atoms with Gasteiger partial charge in [-0.25, -0.2) is 14.2 Å². The zero-order chi connectivity index (χ0) is 28.1. The van der Waals surface area contributed by atoms with Crippen molar-refractivity contribution in [3.05, 3.63) is 99.9 Å². The van der Waals surface area contributed by atoms with E-state index < -0.39 is 35.4 Å². The van der Waals surface area contributed by atoms with Crippen molar-refractivity contribution in [1.82, 2.24) is 10.3 Å². The molecule has 9 heteroatoms. The summed E-state index contributed by atoms with van der Waals surface area (Å²) in [5.74, 6) is -1.05. The Morgan fingerprint density at radius 3 is 2.29 bits per heavy atom. The predicted octanol–water partition coefficient (Wildman–Crippen LogP) is 6.94. The highest BCUT2D eigenvalue weighted by molar-refractivity contribution is 5.92. The molecule has 1 amide bonds. The molecule has 1 N–H and O–H groups in total. The van der Waals surface area contributed by atoms with E-state index in [1.807, 2.05) is 0 Å². The van der Waals surface area contributed by atoms with Crippen molar-refractivity contribution < 1.29 is 31.9 Å². The molecule has 202 valence electrons. The van der Waals surface area contributed by atoms with Crippen molar-refractivity contribution in [2.75, 3.05) is 0 Å². The molecule has 3 aromatic rings. The van der Waals surface area contributed by atoms with Gasteiger partial charge in [0.05, 0.1) is 11.1 Å². The normalized spacial score (nSPS) is 12.6. The maximum atomic E-state index is 15.1. The molecule has 3 rings (SSSR count). The molecule has 5 nitrogen and oxygen atoms in total. The zero-order valence-electron chi connectivity index (χ0n) is 21.7. The average Bonchev–Trinajstić information content (AvgIpc) is 2.84. The van der Waals surface area contributed by atoms with E-state index in [1.165, 1.54) is 18.2 Å². The quantitative estimate of drug-likeness (QED) is 0.253. The van der Waals surface area contributed by atoms with E-state index in [2.05, 4.69) is 10.3 Å². The highest BCUT2D eigenvalue weighted by Crippen LogP contribution is 2.29. The molecule has 0 fully saturated rings. The number of nitrogens with zero attached hydrogens (tertiary/aromatic N) is 1. The van der Waals surface area contributed by atoms with Crippen molar-refractivity contribution in [3.8, 4) is 0 Å². The van der Waals surface area contributed by atoms with E-state index >= 15 is 4.39 Å². The lowest BCUT2D eigenvalue weighted by Gasteiger charge is -2.19. The summed E-state index contributed by atoms with van der Waals surface area (Å²) in [6, 6.07) is 14.3. The fraction of sp³-hybridized carbons (Fsp3) is 0.345. The van der Waals surface area contributed by atoms with Gasteiger partial charge in [-0.2, -0.15) is 13.2 Å². The Balaban J connectivity index is 1.61. The Morgan fingerprint density at radius 2 is 1.66 bits per heavy atom. The molecule has 1 aromatic heterocycles. The highest BCUT2D eigenvalue weighted by atomic mass is 19.4. The van der Waals surface area contributed by atoms with Gasteiger partial charge in [-0.15, -0.1) is 0 Å². The summed E-state index contributed by atoms with van der Waals surface area (Å²) in [4.78, 5) is 28.9. The number of nitrogens with one attached hydrogen (secondary N) is 1. The molecule has 0 aliphatic rings. The first-order valence-electron chi connectivity index (χ1n) is 12.1. The summed E-state index contributed by atoms with van der Waals surface area (Å²) in [6.45, 7) is 6.86. The van der Waals surface area contributed by atoms with Crippen LogP contribution in [0.25, 0.3) is 0 Å². The first-order chi connectivity index (χ1) is 17.7. The minimum Gasteiger partial charge on any atom is -0.456 e. The lowest BCUT2D eigenvalue weighted by molar-refractivity contribution is -0.137. The van der Waals surface area contributed by atoms with Crippen molar-refractivity contribution >= 4 is 11.9 Å². The number of aryl methyl sites for hydroxylation is 2. The van der Waals surface area contributed by atoms with Crippen molar-refractivity contribution in [1.29, 1.82) is 0 Å². The minimum atomic E-state index is -4.48. The molecule has 0 aliphatic heterocycles. The number of ether oxygens (including phenoxy) is 1. The van der Waals surface area contributed by atoms with Crippen LogP contribution in [0.4, 0.5) is 17.6 Å². The highest BCUT2D eigenvalue weighted by Gasteiger charge is 2.30. The molecule has 0 bridgehead atoms. The summed E-state index contributed by atoms with van der Waals surface area (Å²) < 4.78 is 59.2. The van der Waals surface area contributed by atoms with E-state index in [0.717, 1.165) is 17.7 Å². The third kappa shape index (κ3) is 8.39. The van der Waals surface area contributed by atoms with Crippen LogP contribution in [0.1, 0.15) is 82.2 Å². The van der Waals surface area contributed by atoms with Crippen molar-refractivity contribution in [2.45, 2.75) is 65.0 Å². The summed E-state index contributed by atoms with van der Waals surface area (Å²) in [5, 5.41) is 2.54. The van der Waals surface area contributed by atoms with Gasteiger partial charge < -0.3 is 10.1 Å². The third-order valence-corrected chi connectivity index (χ3v) is 5.55. The standard InChI is InChI=1S/C29H30F4N2O3/c1-18-14-22(24(30)13-10-19-8-11-21(12-9-19)27(37)38-28(2,3)4)16-25(35-18)26(36)34-17-20-6-5-7-23(15-20)29(31,32)33/h5-9,11-12,14-16,24H,10,13,17H2,1-4H3,(H,34,36). The first-order valence-corrected chi connectivity index (χ1v) is 12.1. The fourth-order valence-corrected chi connectivity index (χ4v) is 3.73. The predicted molar refractivity (Wildman–Crippen MR) is 135 cm³/mol. The smallest absolute Gasteiger partial charge is 0.416 e. The third-order valence-electron chi connectivity index (χ3n) is 5.55. The molecular weight excluding hydrogens is 500 g/mol. The molecule has 1 atom stereocenters. The van der Waals surface area contributed by atoms with Crippen LogP contribution < -0.4 is 5.32 Å². The molecule has 0 aliphatic carbocycles. The SMILES string of the molecule is Cc1cc(C(F)CCc2ccc(C(=O)OC(C)(C)C)cc2)cc(C(=O)NCc2cccc(C(F)(F)F)c2)n1. The van der Waals surface area contributed by atoms with Gasteiger partial charge in [-0.1, -0.05) is 24.3 Å². The van der Waals surface area contributed by atoms with E-state index in [0.29, 0.717) is 17.7 Å². The number of alkyl halides is 4. The fourth-order valence-electron chi connectivity index (χ4n) is 3.73. The van der Waals surface area contributed by atoms with Gasteiger partial charge in [0.2, 0.25) is 0 Å². The summed E-state index contributed by atoms with van der Waals surface area (Å²) in [7, 11) is 0. The Morgan fingerprint density at radius 1 is 0.974 bits per heavy atom. The second-order valence-electron chi connectivity index (χ2n) is 10.0. The van der Waals surface area contributed by atoms with E-state index in [1.54, 1.807) is 58.0 Å². The number of benzene rings is 2. The molecule has 0 spiro atoms. The molecule has 0 radical (unpaired) electrons. The maximum Gasteiger partial charge on any atom is 0.416 e. The molecular formula is C29H30F4N2O3. The molecule has 0 saturated carbocycles. The largest absolute Gasteiger partial charge is 0.456 e. The van der Waals surface area contributed by atoms with Gasteiger partial charge in [0.15, 0.2) is 0 Å². The second kappa shape index (κ2) is 11.8. The van der Waals surface area contributed by atoms with E-state index in [-0.39, 0.29) is 29.8 Å². The van der Waals surface area contributed by atoms with Crippen LogP contribution in [0, 0.1) is 6.92 Å². The number of pyridine rings is 1. The van der Waals surface area contributed by atoms with Crippen molar-refractivity contribution in [3.63, 3.8) is 0 Å². The van der Waals surface area contributed by atoms with Crippen molar-refractivity contribution in [2.24, 2.45) is 0 Å². The van der Waals surface area contributed by atoms with Gasteiger partial charge in [-0.05, 0) is 93.6 Å². The van der Waals surface area contributed by atoms with Crippen LogP contribution in [0.3, 0.4) is 0 Å². The summed E-state index contributed by atoms with van der Waals surface area (Å²) in [5.41, 5.74) is 0.825. The van der Waals surface area contributed by atoms with Gasteiger partial charge in [0.25, 0.3) is 5.91 Å². The summed E-state index contributed by atoms with van der Waals surface area (Å²) >= 11 is 0. The van der Waals surface area contributed by atoms with Crippen LogP contribution in [-0.4, -0.2) is 22.5 Å². The number of rotatable bonds is 8. The number of esters is 1. The van der Waals surface area contributed by atoms with Gasteiger partial charge in [-0.3, -0.25) is 4.79 Å². The zero-order valence-corrected chi connectivity index (χ0v) is 21.7. The Labute approximate surface area is 219 Å². The number of carbonyl (C=O) groups is 2. The van der Waals surface area contributed by atoms with Crippen LogP contribution >= 0.6 is 0 Å². The lowest BCUT2D eigenvalue weighted by atomic mass is 10.0. The van der Waals surface area contributed by atoms with Gasteiger partial charge in [0.1, 0.15) is 17.5 Å². The lowest BCUT2D eigenvalue weighted by Crippen LogP contribution is -2.24. The van der Waals surface area contributed by atoms with Crippen LogP contribution in [0.5, 0.6) is 0 Å². The molecule has 1 unspecified atom stereocenters. The molecule has 0 saturated heterocycles. The van der Waals surface area contributed by atoms with E-state index in [4.69, 9.17) is 4.74 Å². The minimum absolute atomic E-state index is 0.0173. The average molecular weight is 531 g/mol. The summed E-state index contributed by atoms with van der Waals surface area (Å²) in [6.07, 6.45) is -5.32. The Bertz CT molecular complexity index is 1280. The maximum absolute atomic E-state index is 15.1. The topological polar surface area (TPSA) is 68.3 Å². The number of carbonyl (C=O) groups excluding carboxylic acids is 2. The van der Waals surface area contributed by atoms with Gasteiger partial charge >= 0.3 is 12.1 Å². The number of amides is 1. The van der Waals surface area contributed by atoms with E-state index in [9.17, 15) is 22.8 Å². The molecule has 1 heterocycles. The number of hydrogen-bond acceptors (Lipinski definition) is 4. The monoisotopic (exact) mass is 530 g/mol. The van der Waals surface area contributed by atoms with Gasteiger partial charge in [0, 0.05) is 12.2 Å². The number of halogens is 4. The Kier molecular flexibility index (Phi) is 8.91. The molecule has 2 aromatic carbocycles. The second-order valence-corrected chi connectivity index (χ2v) is 10.0. The Hall–Kier alpha value is -3.75. The number of hydrogen-bond donors (Lipinski definition) is 1.